The number of aromatic nitrogens is 3. The lowest BCUT2D eigenvalue weighted by Gasteiger charge is -2.41. The molecule has 0 unspecified atom stereocenters. The van der Waals surface area contributed by atoms with E-state index in [2.05, 4.69) is 48.6 Å². The van der Waals surface area contributed by atoms with Crippen molar-refractivity contribution in [3.63, 3.8) is 0 Å². The van der Waals surface area contributed by atoms with E-state index in [1.54, 1.807) is 10.6 Å². The maximum atomic E-state index is 14.6. The fourth-order valence-corrected chi connectivity index (χ4v) is 5.34. The summed E-state index contributed by atoms with van der Waals surface area (Å²) in [7, 11) is 0. The van der Waals surface area contributed by atoms with Gasteiger partial charge in [0.15, 0.2) is 0 Å². The van der Waals surface area contributed by atoms with Gasteiger partial charge >= 0.3 is 0 Å². The van der Waals surface area contributed by atoms with Gasteiger partial charge in [-0.3, -0.25) is 9.78 Å². The molecule has 4 heterocycles. The number of fused-ring (bicyclic) bond motifs is 1. The minimum atomic E-state index is -0.391. The molecular formula is C30H44FN5O. The topological polar surface area (TPSA) is 62.5 Å². The lowest BCUT2D eigenvalue weighted by Crippen LogP contribution is -2.57. The number of halogens is 1. The molecule has 4 rings (SSSR count). The molecule has 0 saturated carbocycles. The van der Waals surface area contributed by atoms with Gasteiger partial charge in [-0.2, -0.15) is 0 Å². The Hall–Kier alpha value is -3.06. The molecule has 7 heteroatoms. The summed E-state index contributed by atoms with van der Waals surface area (Å²) in [5.41, 5.74) is 6.15. The van der Waals surface area contributed by atoms with E-state index in [1.165, 1.54) is 17.3 Å². The van der Waals surface area contributed by atoms with E-state index in [4.69, 9.17) is 4.98 Å². The highest BCUT2D eigenvalue weighted by Crippen LogP contribution is 2.28. The molecule has 1 aliphatic heterocycles. The van der Waals surface area contributed by atoms with Gasteiger partial charge in [0.2, 0.25) is 0 Å². The molecule has 37 heavy (non-hydrogen) atoms. The molecule has 0 aliphatic carbocycles. The largest absolute Gasteiger partial charge is 0.368 e. The molecule has 6 nitrogen and oxygen atoms in total. The number of Topliss-reactive ketones (excluding diaryl/α,β-unsaturated/α-hetero) is 1. The van der Waals surface area contributed by atoms with Crippen LogP contribution in [0.5, 0.6) is 0 Å². The maximum absolute atomic E-state index is 14.6. The van der Waals surface area contributed by atoms with Gasteiger partial charge in [0.05, 0.1) is 5.69 Å². The number of hydrogen-bond donors (Lipinski definition) is 1. The van der Waals surface area contributed by atoms with Crippen molar-refractivity contribution >= 4 is 22.7 Å². The normalized spacial score (nSPS) is 15.3. The summed E-state index contributed by atoms with van der Waals surface area (Å²) in [6, 6.07) is 3.56. The number of ketones is 1. The molecule has 1 aliphatic rings. The third kappa shape index (κ3) is 6.63. The van der Waals surface area contributed by atoms with E-state index < -0.39 is 5.82 Å². The first-order valence-corrected chi connectivity index (χ1v) is 13.5. The summed E-state index contributed by atoms with van der Waals surface area (Å²) in [6.45, 7) is 15.5. The second-order valence-electron chi connectivity index (χ2n) is 10.9. The zero-order valence-electron chi connectivity index (χ0n) is 22.7. The number of aryl methyl sites for hydroxylation is 2. The average molecular weight is 510 g/mol. The highest BCUT2D eigenvalue weighted by Gasteiger charge is 2.27. The second kappa shape index (κ2) is 11.5. The van der Waals surface area contributed by atoms with Crippen molar-refractivity contribution in [1.29, 1.82) is 0 Å². The smallest absolute Gasteiger partial charge is 0.139 e. The summed E-state index contributed by atoms with van der Waals surface area (Å²) in [5.74, 6) is -0.303. The van der Waals surface area contributed by atoms with Crippen molar-refractivity contribution in [2.45, 2.75) is 78.2 Å². The zero-order valence-corrected chi connectivity index (χ0v) is 22.7. The first kappa shape index (κ1) is 27.0. The van der Waals surface area contributed by atoms with E-state index in [-0.39, 0.29) is 20.6 Å². The van der Waals surface area contributed by atoms with Crippen LogP contribution in [0.2, 0.25) is 0 Å². The molecule has 0 bridgehead atoms. The van der Waals surface area contributed by atoms with Crippen molar-refractivity contribution in [3.8, 4) is 0 Å². The van der Waals surface area contributed by atoms with Gasteiger partial charge in [-0.05, 0) is 63.7 Å². The van der Waals surface area contributed by atoms with Crippen LogP contribution < -0.4 is 10.2 Å². The van der Waals surface area contributed by atoms with Crippen molar-refractivity contribution in [3.05, 3.63) is 65.6 Å². The van der Waals surface area contributed by atoms with E-state index in [0.717, 1.165) is 63.1 Å². The summed E-state index contributed by atoms with van der Waals surface area (Å²) in [5, 5.41) is 3.59. The Bertz CT molecular complexity index is 1290. The Morgan fingerprint density at radius 2 is 2.08 bits per heavy atom. The quantitative estimate of drug-likeness (QED) is 0.312. The molecule has 1 saturated heterocycles. The van der Waals surface area contributed by atoms with E-state index in [1.807, 2.05) is 19.3 Å². The molecular weight excluding hydrogens is 465 g/mol. The lowest BCUT2D eigenvalue weighted by molar-refractivity contribution is -0.118. The maximum Gasteiger partial charge on any atom is 0.139 e. The Morgan fingerprint density at radius 3 is 2.84 bits per heavy atom. The van der Waals surface area contributed by atoms with Crippen LogP contribution in [0.3, 0.4) is 0 Å². The van der Waals surface area contributed by atoms with E-state index in [0.29, 0.717) is 23.2 Å². The van der Waals surface area contributed by atoms with Crippen LogP contribution in [-0.4, -0.2) is 45.3 Å². The predicted molar refractivity (Wildman–Crippen MR) is 153 cm³/mol. The van der Waals surface area contributed by atoms with Gasteiger partial charge in [0, 0.05) is 82.5 Å². The lowest BCUT2D eigenvalue weighted by atomic mass is 9.97. The third-order valence-corrected chi connectivity index (χ3v) is 7.11. The fourth-order valence-electron chi connectivity index (χ4n) is 5.34. The molecule has 3 aromatic heterocycles. The molecule has 0 spiro atoms. The molecule has 202 valence electrons. The number of imidazole rings is 1. The molecule has 1 N–H and O–H groups in total. The Labute approximate surface area is 223 Å². The summed E-state index contributed by atoms with van der Waals surface area (Å²) < 4.78 is 16.4. The number of piperazine rings is 1. The molecule has 1 fully saturated rings. The number of allylic oxidation sites excluding steroid dienone is 1. The standard InChI is InChI=1S/C30H40FN5O.2H2/c1-6-9-24-27(32-13-12-28(24)35-15-14-33-30(4,5)20-35)11-8-7-10-23(37)16-21(2)25-19-36-18-22(3)34-29(36)17-26(25)31;;/h12-13,17-19,33H,2,6-11,14-16,20H2,1,3-5H3;2*1H. The van der Waals surface area contributed by atoms with Gasteiger partial charge in [-0.25, -0.2) is 9.37 Å². The monoisotopic (exact) mass is 509 g/mol. The average Bonchev–Trinajstić information content (AvgIpc) is 3.20. The number of unbranched alkanes of at least 4 members (excludes halogenated alkanes) is 1. The zero-order chi connectivity index (χ0) is 26.6. The Balaban J connectivity index is 0.00000267. The van der Waals surface area contributed by atoms with Crippen LogP contribution in [0, 0.1) is 12.7 Å². The van der Waals surface area contributed by atoms with Crippen LogP contribution in [0.4, 0.5) is 10.1 Å². The Morgan fingerprint density at radius 1 is 1.27 bits per heavy atom. The van der Waals surface area contributed by atoms with E-state index in [9.17, 15) is 9.18 Å². The Kier molecular flexibility index (Phi) is 8.42. The number of rotatable bonds is 11. The van der Waals surface area contributed by atoms with E-state index >= 15 is 0 Å². The molecule has 3 aromatic rings. The van der Waals surface area contributed by atoms with Crippen molar-refractivity contribution in [1.82, 2.24) is 19.7 Å². The van der Waals surface area contributed by atoms with Gasteiger partial charge in [0.25, 0.3) is 0 Å². The van der Waals surface area contributed by atoms with Crippen LogP contribution in [-0.2, 0) is 17.6 Å². The fraction of sp³-hybridized carbons (Fsp3) is 0.500. The summed E-state index contributed by atoms with van der Waals surface area (Å²) >= 11 is 0. The van der Waals surface area contributed by atoms with Crippen molar-refractivity contribution in [2.24, 2.45) is 0 Å². The minimum Gasteiger partial charge on any atom is -0.368 e. The van der Waals surface area contributed by atoms with Crippen molar-refractivity contribution in [2.75, 3.05) is 24.5 Å². The minimum absolute atomic E-state index is 0. The number of pyridine rings is 2. The first-order chi connectivity index (χ1) is 17.7. The van der Waals surface area contributed by atoms with Crippen LogP contribution in [0.25, 0.3) is 11.2 Å². The molecule has 0 amide bonds. The highest BCUT2D eigenvalue weighted by molar-refractivity contribution is 5.89. The number of anilines is 1. The number of nitrogens with zero attached hydrogens (tertiary/aromatic N) is 4. The van der Waals surface area contributed by atoms with Gasteiger partial charge in [0.1, 0.15) is 17.2 Å². The van der Waals surface area contributed by atoms with Crippen LogP contribution >= 0.6 is 0 Å². The summed E-state index contributed by atoms with van der Waals surface area (Å²) in [4.78, 5) is 24.2. The number of nitrogens with one attached hydrogen (secondary N) is 1. The van der Waals surface area contributed by atoms with Gasteiger partial charge in [-0.15, -0.1) is 0 Å². The van der Waals surface area contributed by atoms with Crippen LogP contribution in [0.15, 0.2) is 37.3 Å². The predicted octanol–water partition coefficient (Wildman–Crippen LogP) is 6.19. The molecule has 0 aromatic carbocycles. The third-order valence-electron chi connectivity index (χ3n) is 7.11. The SMILES string of the molecule is C=C(CC(=O)CCCCc1nccc(N2CCNC(C)(C)C2)c1CCC)c1cn2cc(C)nc2cc1F.[HH].[HH]. The van der Waals surface area contributed by atoms with Gasteiger partial charge < -0.3 is 14.6 Å². The second-order valence-corrected chi connectivity index (χ2v) is 10.9. The summed E-state index contributed by atoms with van der Waals surface area (Å²) in [6.07, 6.45) is 10.7. The highest BCUT2D eigenvalue weighted by atomic mass is 19.1. The number of carbonyl (C=O) groups is 1. The number of hydrogen-bond acceptors (Lipinski definition) is 5. The molecule has 0 radical (unpaired) electrons. The van der Waals surface area contributed by atoms with Crippen LogP contribution in [0.1, 0.15) is 78.2 Å². The van der Waals surface area contributed by atoms with Gasteiger partial charge in [-0.1, -0.05) is 19.9 Å². The first-order valence-electron chi connectivity index (χ1n) is 13.5. The van der Waals surface area contributed by atoms with Crippen molar-refractivity contribution < 1.29 is 12.0 Å². The number of carbonyl (C=O) groups excluding carboxylic acids is 1. The molecule has 0 atom stereocenters.